The summed E-state index contributed by atoms with van der Waals surface area (Å²) < 4.78 is 5.94. The first-order chi connectivity index (χ1) is 17.0. The molecule has 0 saturated carbocycles. The standard InChI is InChI=1S/C32H64NO2/c1-5-7-8-9-10-11-12-13-14-15-18-21-24-27-30-33(3,4)31-28-25-22-19-16-17-20-23-26-29-32(34)35-6-2/h6H,2,5,7-31H2,1,3-4H3/q+1. The van der Waals surface area contributed by atoms with Gasteiger partial charge in [-0.1, -0.05) is 129 Å². The van der Waals surface area contributed by atoms with Crippen LogP contribution in [0.25, 0.3) is 0 Å². The average molecular weight is 495 g/mol. The molecule has 0 radical (unpaired) electrons. The Labute approximate surface area is 221 Å². The van der Waals surface area contributed by atoms with Crippen molar-refractivity contribution in [3.05, 3.63) is 12.8 Å². The Morgan fingerprint density at radius 3 is 1.23 bits per heavy atom. The van der Waals surface area contributed by atoms with Crippen LogP contribution >= 0.6 is 0 Å². The quantitative estimate of drug-likeness (QED) is 0.0468. The molecule has 0 spiro atoms. The summed E-state index contributed by atoms with van der Waals surface area (Å²) in [5, 5.41) is 0. The van der Waals surface area contributed by atoms with Crippen LogP contribution in [0.15, 0.2) is 12.8 Å². The minimum absolute atomic E-state index is 0.148. The summed E-state index contributed by atoms with van der Waals surface area (Å²) in [5.74, 6) is -0.148. The molecule has 0 saturated heterocycles. The van der Waals surface area contributed by atoms with Gasteiger partial charge in [0.05, 0.1) is 33.4 Å². The van der Waals surface area contributed by atoms with Crippen LogP contribution in [-0.2, 0) is 9.53 Å². The lowest BCUT2D eigenvalue weighted by Gasteiger charge is -2.30. The van der Waals surface area contributed by atoms with Crippen LogP contribution in [-0.4, -0.2) is 37.6 Å². The molecule has 0 unspecified atom stereocenters. The first-order valence-electron chi connectivity index (χ1n) is 15.6. The summed E-state index contributed by atoms with van der Waals surface area (Å²) in [4.78, 5) is 11.2. The van der Waals surface area contributed by atoms with Gasteiger partial charge in [-0.2, -0.15) is 0 Å². The number of rotatable bonds is 28. The van der Waals surface area contributed by atoms with Crippen molar-refractivity contribution < 1.29 is 14.0 Å². The van der Waals surface area contributed by atoms with Crippen LogP contribution in [0.5, 0.6) is 0 Å². The Hall–Kier alpha value is -0.830. The van der Waals surface area contributed by atoms with E-state index in [0.29, 0.717) is 6.42 Å². The first-order valence-corrected chi connectivity index (χ1v) is 15.6. The second kappa shape index (κ2) is 26.2. The van der Waals surface area contributed by atoms with Crippen molar-refractivity contribution >= 4 is 5.97 Å². The van der Waals surface area contributed by atoms with Crippen molar-refractivity contribution in [2.75, 3.05) is 27.2 Å². The lowest BCUT2D eigenvalue weighted by Crippen LogP contribution is -2.41. The second-order valence-corrected chi connectivity index (χ2v) is 11.6. The molecule has 208 valence electrons. The Kier molecular flexibility index (Phi) is 25.6. The zero-order valence-corrected chi connectivity index (χ0v) is 24.4. The minimum Gasteiger partial charge on any atom is -0.435 e. The van der Waals surface area contributed by atoms with E-state index in [0.717, 1.165) is 12.8 Å². The van der Waals surface area contributed by atoms with Gasteiger partial charge < -0.3 is 9.22 Å². The smallest absolute Gasteiger partial charge is 0.310 e. The van der Waals surface area contributed by atoms with Crippen molar-refractivity contribution in [1.82, 2.24) is 0 Å². The largest absolute Gasteiger partial charge is 0.435 e. The summed E-state index contributed by atoms with van der Waals surface area (Å²) in [6.07, 6.45) is 33.4. The van der Waals surface area contributed by atoms with E-state index in [9.17, 15) is 4.79 Å². The Bertz CT molecular complexity index is 460. The fourth-order valence-electron chi connectivity index (χ4n) is 5.04. The second-order valence-electron chi connectivity index (χ2n) is 11.6. The van der Waals surface area contributed by atoms with Gasteiger partial charge in [-0.25, -0.2) is 0 Å². The molecule has 0 atom stereocenters. The van der Waals surface area contributed by atoms with Crippen LogP contribution < -0.4 is 0 Å². The van der Waals surface area contributed by atoms with Crippen molar-refractivity contribution in [2.24, 2.45) is 0 Å². The Morgan fingerprint density at radius 1 is 0.571 bits per heavy atom. The van der Waals surface area contributed by atoms with Crippen LogP contribution in [0.1, 0.15) is 161 Å². The highest BCUT2D eigenvalue weighted by Crippen LogP contribution is 2.15. The molecule has 0 amide bonds. The summed E-state index contributed by atoms with van der Waals surface area (Å²) in [7, 11) is 4.85. The third-order valence-electron chi connectivity index (χ3n) is 7.48. The maximum absolute atomic E-state index is 11.2. The van der Waals surface area contributed by atoms with Gasteiger partial charge >= 0.3 is 5.97 Å². The van der Waals surface area contributed by atoms with E-state index < -0.39 is 0 Å². The van der Waals surface area contributed by atoms with Crippen molar-refractivity contribution in [2.45, 2.75) is 161 Å². The highest BCUT2D eigenvalue weighted by molar-refractivity contribution is 5.69. The van der Waals surface area contributed by atoms with Crippen molar-refractivity contribution in [3.63, 3.8) is 0 Å². The summed E-state index contributed by atoms with van der Waals surface area (Å²) in [6, 6.07) is 0. The van der Waals surface area contributed by atoms with E-state index in [1.54, 1.807) is 0 Å². The number of carbonyl (C=O) groups is 1. The molecule has 3 nitrogen and oxygen atoms in total. The maximum atomic E-state index is 11.2. The monoisotopic (exact) mass is 494 g/mol. The van der Waals surface area contributed by atoms with E-state index in [4.69, 9.17) is 4.74 Å². The first kappa shape index (κ1) is 34.2. The Balaban J connectivity index is 3.33. The number of carbonyl (C=O) groups excluding carboxylic acids is 1. The molecular formula is C32H64NO2+. The molecule has 3 heteroatoms. The lowest BCUT2D eigenvalue weighted by molar-refractivity contribution is -0.890. The van der Waals surface area contributed by atoms with Gasteiger partial charge in [0.15, 0.2) is 0 Å². The fraction of sp³-hybridized carbons (Fsp3) is 0.906. The normalized spacial score (nSPS) is 11.6. The van der Waals surface area contributed by atoms with Crippen molar-refractivity contribution in [3.8, 4) is 0 Å². The van der Waals surface area contributed by atoms with Gasteiger partial charge in [0.25, 0.3) is 0 Å². The molecule has 0 aromatic carbocycles. The van der Waals surface area contributed by atoms with Gasteiger partial charge in [-0.05, 0) is 32.1 Å². The van der Waals surface area contributed by atoms with E-state index in [2.05, 4.69) is 27.6 Å². The summed E-state index contributed by atoms with van der Waals surface area (Å²) in [5.41, 5.74) is 0. The molecule has 0 aromatic rings. The van der Waals surface area contributed by atoms with Gasteiger partial charge in [0.2, 0.25) is 0 Å². The van der Waals surface area contributed by atoms with Gasteiger partial charge in [-0.3, -0.25) is 4.79 Å². The van der Waals surface area contributed by atoms with Gasteiger partial charge in [0.1, 0.15) is 0 Å². The average Bonchev–Trinajstić information content (AvgIpc) is 2.83. The molecule has 0 aliphatic rings. The Morgan fingerprint density at radius 2 is 0.886 bits per heavy atom. The van der Waals surface area contributed by atoms with Crippen LogP contribution in [0, 0.1) is 0 Å². The van der Waals surface area contributed by atoms with Gasteiger partial charge in [0, 0.05) is 6.42 Å². The minimum atomic E-state index is -0.148. The van der Waals surface area contributed by atoms with E-state index in [1.807, 2.05) is 0 Å². The third kappa shape index (κ3) is 27.6. The molecular weight excluding hydrogens is 430 g/mol. The van der Waals surface area contributed by atoms with Crippen LogP contribution in [0.2, 0.25) is 0 Å². The highest BCUT2D eigenvalue weighted by atomic mass is 16.5. The summed E-state index contributed by atoms with van der Waals surface area (Å²) >= 11 is 0. The molecule has 0 rings (SSSR count). The van der Waals surface area contributed by atoms with Crippen LogP contribution in [0.3, 0.4) is 0 Å². The molecule has 0 aliphatic carbocycles. The number of nitrogens with zero attached hydrogens (tertiary/aromatic N) is 1. The fourth-order valence-corrected chi connectivity index (χ4v) is 5.04. The molecule has 0 heterocycles. The molecule has 0 aliphatic heterocycles. The summed E-state index contributed by atoms with van der Waals surface area (Å²) in [6.45, 7) is 8.39. The number of ether oxygens (including phenoxy) is 1. The van der Waals surface area contributed by atoms with E-state index in [1.165, 1.54) is 159 Å². The lowest BCUT2D eigenvalue weighted by atomic mass is 10.0. The molecule has 0 fully saturated rings. The van der Waals surface area contributed by atoms with E-state index >= 15 is 0 Å². The van der Waals surface area contributed by atoms with Crippen molar-refractivity contribution in [1.29, 1.82) is 0 Å². The predicted molar refractivity (Wildman–Crippen MR) is 155 cm³/mol. The zero-order valence-electron chi connectivity index (χ0n) is 24.4. The highest BCUT2D eigenvalue weighted by Gasteiger charge is 2.13. The number of hydrogen-bond donors (Lipinski definition) is 0. The molecule has 0 aromatic heterocycles. The van der Waals surface area contributed by atoms with Gasteiger partial charge in [-0.15, -0.1) is 0 Å². The zero-order chi connectivity index (χ0) is 25.9. The number of quaternary nitrogens is 1. The number of unbranched alkanes of at least 4 members (excludes halogenated alkanes) is 21. The van der Waals surface area contributed by atoms with E-state index in [-0.39, 0.29) is 5.97 Å². The van der Waals surface area contributed by atoms with Crippen LogP contribution in [0.4, 0.5) is 0 Å². The number of esters is 1. The maximum Gasteiger partial charge on any atom is 0.310 e. The molecule has 0 N–H and O–H groups in total. The molecule has 0 bridgehead atoms. The SMILES string of the molecule is C=COC(=O)CCCCCCCCCCC[N+](C)(C)CCCCCCCCCCCCCCCC. The molecule has 35 heavy (non-hydrogen) atoms. The predicted octanol–water partition coefficient (Wildman–Crippen LogP) is 10.1. The third-order valence-corrected chi connectivity index (χ3v) is 7.48. The topological polar surface area (TPSA) is 26.3 Å². The number of hydrogen-bond acceptors (Lipinski definition) is 2.